The highest BCUT2D eigenvalue weighted by Gasteiger charge is 2.23. The Morgan fingerprint density at radius 3 is 1.67 bits per heavy atom. The van der Waals surface area contributed by atoms with E-state index >= 15 is 0 Å². The van der Waals surface area contributed by atoms with E-state index in [4.69, 9.17) is 19.3 Å². The van der Waals surface area contributed by atoms with Crippen LogP contribution in [0.3, 0.4) is 0 Å². The third kappa shape index (κ3) is 38.7. The van der Waals surface area contributed by atoms with Gasteiger partial charge < -0.3 is 19.3 Å². The SMILES string of the molecule is CCCCC/C=C\C/C=C\C/C=C\C=C\C(=O)CCCC(=O)OC[C@H](COP(=O)(O)O)OC(=O)CCCCCCCCCCCCCCCCC. The molecule has 0 radical (unpaired) electrons. The van der Waals surface area contributed by atoms with Crippen molar-refractivity contribution in [1.29, 1.82) is 0 Å². The van der Waals surface area contributed by atoms with Gasteiger partial charge in [0.1, 0.15) is 6.61 Å². The first-order chi connectivity index (χ1) is 24.7. The van der Waals surface area contributed by atoms with E-state index in [2.05, 4.69) is 42.7 Å². The number of phosphoric ester groups is 1. The van der Waals surface area contributed by atoms with Crippen molar-refractivity contribution in [2.24, 2.45) is 0 Å². The highest BCUT2D eigenvalue weighted by atomic mass is 31.2. The van der Waals surface area contributed by atoms with E-state index in [0.717, 1.165) is 38.5 Å². The summed E-state index contributed by atoms with van der Waals surface area (Å²) in [6.45, 7) is 3.44. The third-order valence-corrected chi connectivity index (χ3v) is 8.81. The number of hydrogen-bond acceptors (Lipinski definition) is 7. The molecular formula is C41H71O9P. The summed E-state index contributed by atoms with van der Waals surface area (Å²) in [5.74, 6) is -1.25. The van der Waals surface area contributed by atoms with Gasteiger partial charge in [-0.15, -0.1) is 0 Å². The van der Waals surface area contributed by atoms with Gasteiger partial charge in [-0.25, -0.2) is 4.57 Å². The molecule has 0 saturated heterocycles. The first kappa shape index (κ1) is 48.7. The first-order valence-electron chi connectivity index (χ1n) is 19.9. The highest BCUT2D eigenvalue weighted by molar-refractivity contribution is 7.46. The molecule has 0 aromatic heterocycles. The van der Waals surface area contributed by atoms with Crippen LogP contribution in [0.15, 0.2) is 48.6 Å². The minimum absolute atomic E-state index is 0.0214. The summed E-state index contributed by atoms with van der Waals surface area (Å²) in [7, 11) is -4.81. The molecule has 2 N–H and O–H groups in total. The maximum absolute atomic E-state index is 12.4. The van der Waals surface area contributed by atoms with Crippen LogP contribution in [0, 0.1) is 0 Å². The van der Waals surface area contributed by atoms with E-state index in [-0.39, 0.29) is 31.5 Å². The molecule has 0 aliphatic rings. The van der Waals surface area contributed by atoms with Crippen molar-refractivity contribution in [1.82, 2.24) is 0 Å². The Labute approximate surface area is 310 Å². The van der Waals surface area contributed by atoms with Crippen molar-refractivity contribution < 1.29 is 42.7 Å². The Bertz CT molecular complexity index is 1030. The van der Waals surface area contributed by atoms with Crippen LogP contribution in [-0.2, 0) is 32.9 Å². The van der Waals surface area contributed by atoms with Crippen molar-refractivity contribution in [2.75, 3.05) is 13.2 Å². The lowest BCUT2D eigenvalue weighted by atomic mass is 10.0. The van der Waals surface area contributed by atoms with Gasteiger partial charge in [0.05, 0.1) is 6.61 Å². The van der Waals surface area contributed by atoms with Gasteiger partial charge in [0.25, 0.3) is 0 Å². The molecule has 294 valence electrons. The van der Waals surface area contributed by atoms with E-state index in [1.807, 2.05) is 12.2 Å². The van der Waals surface area contributed by atoms with Gasteiger partial charge >= 0.3 is 19.8 Å². The number of carbonyl (C=O) groups excluding carboxylic acids is 3. The van der Waals surface area contributed by atoms with Crippen LogP contribution < -0.4 is 0 Å². The van der Waals surface area contributed by atoms with E-state index < -0.39 is 39.1 Å². The maximum Gasteiger partial charge on any atom is 0.469 e. The predicted octanol–water partition coefficient (Wildman–Crippen LogP) is 11.1. The largest absolute Gasteiger partial charge is 0.469 e. The molecule has 0 fully saturated rings. The van der Waals surface area contributed by atoms with Crippen molar-refractivity contribution in [3.8, 4) is 0 Å². The van der Waals surface area contributed by atoms with Gasteiger partial charge in [-0.1, -0.05) is 159 Å². The fourth-order valence-corrected chi connectivity index (χ4v) is 5.69. The molecule has 0 saturated carbocycles. The molecule has 0 bridgehead atoms. The number of phosphoric acid groups is 1. The van der Waals surface area contributed by atoms with Gasteiger partial charge in [-0.2, -0.15) is 0 Å². The maximum atomic E-state index is 12.4. The average Bonchev–Trinajstić information content (AvgIpc) is 3.09. The molecule has 0 unspecified atom stereocenters. The first-order valence-corrected chi connectivity index (χ1v) is 21.4. The Hall–Kier alpha value is -2.32. The summed E-state index contributed by atoms with van der Waals surface area (Å²) < 4.78 is 26.2. The summed E-state index contributed by atoms with van der Waals surface area (Å²) in [4.78, 5) is 54.8. The minimum Gasteiger partial charge on any atom is -0.462 e. The topological polar surface area (TPSA) is 136 Å². The summed E-state index contributed by atoms with van der Waals surface area (Å²) in [6.07, 6.45) is 39.8. The molecule has 0 rings (SSSR count). The van der Waals surface area contributed by atoms with E-state index in [9.17, 15) is 18.9 Å². The Balaban J connectivity index is 4.14. The van der Waals surface area contributed by atoms with Gasteiger partial charge in [-0.3, -0.25) is 18.9 Å². The second kappa shape index (κ2) is 36.1. The van der Waals surface area contributed by atoms with Crippen LogP contribution >= 0.6 is 7.82 Å². The molecule has 0 aromatic carbocycles. The summed E-state index contributed by atoms with van der Waals surface area (Å²) >= 11 is 0. The number of carbonyl (C=O) groups is 3. The van der Waals surface area contributed by atoms with Crippen molar-refractivity contribution in [2.45, 2.75) is 180 Å². The van der Waals surface area contributed by atoms with Crippen molar-refractivity contribution in [3.05, 3.63) is 48.6 Å². The van der Waals surface area contributed by atoms with Crippen LogP contribution in [0.5, 0.6) is 0 Å². The zero-order valence-corrected chi connectivity index (χ0v) is 32.9. The lowest BCUT2D eigenvalue weighted by Crippen LogP contribution is -2.29. The van der Waals surface area contributed by atoms with E-state index in [0.29, 0.717) is 6.42 Å². The highest BCUT2D eigenvalue weighted by Crippen LogP contribution is 2.36. The zero-order valence-electron chi connectivity index (χ0n) is 32.0. The molecule has 0 aromatic rings. The van der Waals surface area contributed by atoms with Gasteiger partial charge in [0.2, 0.25) is 0 Å². The molecule has 10 heteroatoms. The quantitative estimate of drug-likeness (QED) is 0.0161. The Kier molecular flexibility index (Phi) is 34.4. The van der Waals surface area contributed by atoms with Crippen LogP contribution in [0.1, 0.15) is 174 Å². The van der Waals surface area contributed by atoms with Crippen LogP contribution in [0.4, 0.5) is 0 Å². The summed E-state index contributed by atoms with van der Waals surface area (Å²) in [6, 6.07) is 0. The number of allylic oxidation sites excluding steroid dienone is 8. The molecule has 9 nitrogen and oxygen atoms in total. The lowest BCUT2D eigenvalue weighted by molar-refractivity contribution is -0.161. The summed E-state index contributed by atoms with van der Waals surface area (Å²) in [5.41, 5.74) is 0. The average molecular weight is 739 g/mol. The molecule has 0 aliphatic heterocycles. The van der Waals surface area contributed by atoms with Crippen molar-refractivity contribution >= 4 is 25.5 Å². The van der Waals surface area contributed by atoms with Gasteiger partial charge in [-0.05, 0) is 44.6 Å². The molecule has 1 atom stereocenters. The van der Waals surface area contributed by atoms with E-state index in [1.54, 1.807) is 6.08 Å². The monoisotopic (exact) mass is 738 g/mol. The second-order valence-corrected chi connectivity index (χ2v) is 14.5. The van der Waals surface area contributed by atoms with Crippen LogP contribution in [0.2, 0.25) is 0 Å². The van der Waals surface area contributed by atoms with Crippen LogP contribution in [0.25, 0.3) is 0 Å². The standard InChI is InChI=1S/C41H71O9P/c1-3-5-7-9-11-13-15-17-18-20-22-24-26-28-30-34-41(44)50-39(37-49-51(45,46)47)36-48-40(43)35-31-33-38(42)32-29-27-25-23-21-19-16-14-12-10-8-6-4-2/h12,14,19,21,25,27,29,32,39H,3-11,13,15-18,20,22-24,26,28,30-31,33-37H2,1-2H3,(H2,45,46,47)/b14-12-,21-19-,27-25-,32-29+/t39-/m1/s1. The number of rotatable bonds is 36. The normalized spacial score (nSPS) is 12.9. The fraction of sp³-hybridized carbons (Fsp3) is 0.732. The van der Waals surface area contributed by atoms with Crippen molar-refractivity contribution in [3.63, 3.8) is 0 Å². The smallest absolute Gasteiger partial charge is 0.462 e. The summed E-state index contributed by atoms with van der Waals surface area (Å²) in [5, 5.41) is 0. The molecule has 0 amide bonds. The zero-order chi connectivity index (χ0) is 37.7. The van der Waals surface area contributed by atoms with Crippen LogP contribution in [-0.4, -0.2) is 46.8 Å². The second-order valence-electron chi connectivity index (χ2n) is 13.3. The molecule has 0 heterocycles. The van der Waals surface area contributed by atoms with E-state index in [1.165, 1.54) is 96.0 Å². The number of unbranched alkanes of at least 4 members (excludes halogenated alkanes) is 17. The fourth-order valence-electron chi connectivity index (χ4n) is 5.33. The minimum atomic E-state index is -4.81. The molecular weight excluding hydrogens is 667 g/mol. The number of ether oxygens (including phenoxy) is 2. The predicted molar refractivity (Wildman–Crippen MR) is 207 cm³/mol. The number of hydrogen-bond donors (Lipinski definition) is 2. The van der Waals surface area contributed by atoms with Gasteiger partial charge in [0.15, 0.2) is 11.9 Å². The number of esters is 2. The molecule has 51 heavy (non-hydrogen) atoms. The lowest BCUT2D eigenvalue weighted by Gasteiger charge is -2.18. The van der Waals surface area contributed by atoms with Gasteiger partial charge in [0, 0.05) is 19.3 Å². The Morgan fingerprint density at radius 1 is 0.569 bits per heavy atom. The third-order valence-electron chi connectivity index (χ3n) is 8.33. The Morgan fingerprint density at radius 2 is 1.08 bits per heavy atom. The molecule has 0 spiro atoms. The molecule has 0 aliphatic carbocycles. The number of ketones is 1.